The SMILES string of the molecule is CSc1nc2c(N3CCSC(O)C3)nc(N3CCNCC3)nc2nc1NCc1ccccc1. The molecule has 2 aliphatic heterocycles. The molecular formula is C22H28N8OS2. The Balaban J connectivity index is 1.56. The molecule has 2 aromatic heterocycles. The zero-order valence-corrected chi connectivity index (χ0v) is 20.2. The summed E-state index contributed by atoms with van der Waals surface area (Å²) in [5.74, 6) is 3.00. The molecule has 11 heteroatoms. The molecule has 0 radical (unpaired) electrons. The van der Waals surface area contributed by atoms with Crippen molar-refractivity contribution in [3.63, 3.8) is 0 Å². The van der Waals surface area contributed by atoms with Gasteiger partial charge in [-0.3, -0.25) is 0 Å². The van der Waals surface area contributed by atoms with E-state index in [9.17, 15) is 5.11 Å². The molecule has 0 amide bonds. The molecule has 2 fully saturated rings. The zero-order chi connectivity index (χ0) is 22.6. The minimum atomic E-state index is -0.439. The minimum absolute atomic E-state index is 0.439. The second-order valence-corrected chi connectivity index (χ2v) is 10.0. The lowest BCUT2D eigenvalue weighted by Crippen LogP contribution is -2.44. The highest BCUT2D eigenvalue weighted by atomic mass is 32.2. The van der Waals surface area contributed by atoms with Gasteiger partial charge in [0.1, 0.15) is 10.5 Å². The number of hydrogen-bond donors (Lipinski definition) is 3. The van der Waals surface area contributed by atoms with E-state index in [1.54, 1.807) is 23.5 Å². The number of thioether (sulfide) groups is 2. The number of benzene rings is 1. The highest BCUT2D eigenvalue weighted by Gasteiger charge is 2.26. The van der Waals surface area contributed by atoms with Crippen molar-refractivity contribution in [3.8, 4) is 0 Å². The average molecular weight is 485 g/mol. The van der Waals surface area contributed by atoms with Gasteiger partial charge in [-0.05, 0) is 11.8 Å². The number of hydrogen-bond acceptors (Lipinski definition) is 11. The smallest absolute Gasteiger partial charge is 0.229 e. The molecule has 2 aliphatic rings. The second-order valence-electron chi connectivity index (χ2n) is 7.95. The van der Waals surface area contributed by atoms with Crippen LogP contribution in [0.4, 0.5) is 17.6 Å². The van der Waals surface area contributed by atoms with Crippen molar-refractivity contribution in [3.05, 3.63) is 35.9 Å². The average Bonchev–Trinajstić information content (AvgIpc) is 2.87. The number of nitrogens with zero attached hydrogens (tertiary/aromatic N) is 6. The molecule has 0 aliphatic carbocycles. The maximum Gasteiger partial charge on any atom is 0.229 e. The fourth-order valence-corrected chi connectivity index (χ4v) is 5.37. The predicted molar refractivity (Wildman–Crippen MR) is 136 cm³/mol. The molecule has 3 N–H and O–H groups in total. The molecule has 1 unspecified atom stereocenters. The van der Waals surface area contributed by atoms with Gasteiger partial charge in [0.25, 0.3) is 0 Å². The Morgan fingerprint density at radius 1 is 1.09 bits per heavy atom. The number of rotatable bonds is 6. The third-order valence-electron chi connectivity index (χ3n) is 5.71. The number of nitrogens with one attached hydrogen (secondary N) is 2. The number of aliphatic hydroxyl groups excluding tert-OH is 1. The summed E-state index contributed by atoms with van der Waals surface area (Å²) in [4.78, 5) is 23.9. The van der Waals surface area contributed by atoms with Crippen LogP contribution in [0.5, 0.6) is 0 Å². The van der Waals surface area contributed by atoms with Gasteiger partial charge >= 0.3 is 0 Å². The van der Waals surface area contributed by atoms with E-state index in [-0.39, 0.29) is 0 Å². The molecule has 0 spiro atoms. The van der Waals surface area contributed by atoms with Gasteiger partial charge in [-0.25, -0.2) is 9.97 Å². The quantitative estimate of drug-likeness (QED) is 0.448. The van der Waals surface area contributed by atoms with Crippen LogP contribution in [0.25, 0.3) is 11.2 Å². The summed E-state index contributed by atoms with van der Waals surface area (Å²) >= 11 is 3.12. The summed E-state index contributed by atoms with van der Waals surface area (Å²) in [6.45, 7) is 5.47. The first kappa shape index (κ1) is 22.5. The fraction of sp³-hybridized carbons (Fsp3) is 0.455. The Hall–Kier alpha value is -2.34. The predicted octanol–water partition coefficient (Wildman–Crippen LogP) is 2.03. The highest BCUT2D eigenvalue weighted by Crippen LogP contribution is 2.32. The highest BCUT2D eigenvalue weighted by molar-refractivity contribution is 7.99. The fourth-order valence-electron chi connectivity index (χ4n) is 4.00. The van der Waals surface area contributed by atoms with E-state index < -0.39 is 5.44 Å². The van der Waals surface area contributed by atoms with Gasteiger partial charge < -0.3 is 25.5 Å². The lowest BCUT2D eigenvalue weighted by molar-refractivity contribution is 0.264. The molecule has 9 nitrogen and oxygen atoms in total. The van der Waals surface area contributed by atoms with Crippen LogP contribution in [0, 0.1) is 0 Å². The van der Waals surface area contributed by atoms with Crippen molar-refractivity contribution >= 4 is 52.3 Å². The first-order valence-corrected chi connectivity index (χ1v) is 13.4. The third kappa shape index (κ3) is 5.11. The summed E-state index contributed by atoms with van der Waals surface area (Å²) in [6, 6.07) is 10.2. The van der Waals surface area contributed by atoms with E-state index in [1.165, 1.54) is 5.56 Å². The molecule has 4 heterocycles. The van der Waals surface area contributed by atoms with Crippen molar-refractivity contribution in [2.45, 2.75) is 17.0 Å². The summed E-state index contributed by atoms with van der Waals surface area (Å²) < 4.78 is 0. The van der Waals surface area contributed by atoms with Crippen LogP contribution in [0.15, 0.2) is 35.4 Å². The van der Waals surface area contributed by atoms with Crippen LogP contribution in [0.1, 0.15) is 5.56 Å². The van der Waals surface area contributed by atoms with Gasteiger partial charge in [0.15, 0.2) is 22.8 Å². The molecule has 3 aromatic rings. The Labute approximate surface area is 201 Å². The van der Waals surface area contributed by atoms with E-state index in [0.29, 0.717) is 30.2 Å². The summed E-state index contributed by atoms with van der Waals surface area (Å²) in [5.41, 5.74) is 2.00. The number of piperazine rings is 1. The zero-order valence-electron chi connectivity index (χ0n) is 18.6. The number of anilines is 3. The van der Waals surface area contributed by atoms with Crippen molar-refractivity contribution in [1.82, 2.24) is 25.3 Å². The summed E-state index contributed by atoms with van der Waals surface area (Å²) in [5, 5.41) is 17.9. The van der Waals surface area contributed by atoms with Gasteiger partial charge in [0, 0.05) is 45.0 Å². The van der Waals surface area contributed by atoms with E-state index >= 15 is 0 Å². The van der Waals surface area contributed by atoms with Gasteiger partial charge in [0.05, 0.1) is 6.54 Å². The van der Waals surface area contributed by atoms with Gasteiger partial charge in [-0.1, -0.05) is 30.3 Å². The van der Waals surface area contributed by atoms with Crippen molar-refractivity contribution in [2.75, 3.05) is 66.4 Å². The van der Waals surface area contributed by atoms with Crippen molar-refractivity contribution in [2.24, 2.45) is 0 Å². The first-order valence-electron chi connectivity index (χ1n) is 11.1. The third-order valence-corrected chi connectivity index (χ3v) is 7.34. The van der Waals surface area contributed by atoms with Crippen LogP contribution >= 0.6 is 23.5 Å². The van der Waals surface area contributed by atoms with Crippen LogP contribution in [0.2, 0.25) is 0 Å². The standard InChI is InChI=1S/C22H28N8OS2/c1-32-21-19(24-13-15-5-3-2-4-6-15)26-18-17(25-21)20(30-11-12-33-16(31)14-30)28-22(27-18)29-9-7-23-8-10-29/h2-6,16,23,31H,7-14H2,1H3,(H,24,26,27,28). The van der Waals surface area contributed by atoms with Crippen molar-refractivity contribution < 1.29 is 5.11 Å². The molecule has 0 saturated carbocycles. The minimum Gasteiger partial charge on any atom is -0.381 e. The van der Waals surface area contributed by atoms with Gasteiger partial charge in [-0.2, -0.15) is 9.97 Å². The molecule has 33 heavy (non-hydrogen) atoms. The Bertz CT molecular complexity index is 1100. The van der Waals surface area contributed by atoms with Crippen LogP contribution in [0.3, 0.4) is 0 Å². The normalized spacial score (nSPS) is 19.2. The largest absolute Gasteiger partial charge is 0.381 e. The monoisotopic (exact) mass is 484 g/mol. The molecule has 0 bridgehead atoms. The molecule has 174 valence electrons. The number of β-amino-alcohol motifs (C(OH)–C–C–N with tert-alkyl or cyclic N) is 1. The number of aliphatic hydroxyl groups is 1. The van der Waals surface area contributed by atoms with Crippen LogP contribution < -0.4 is 20.4 Å². The van der Waals surface area contributed by atoms with E-state index in [4.69, 9.17) is 19.9 Å². The maximum atomic E-state index is 10.3. The Kier molecular flexibility index (Phi) is 7.00. The summed E-state index contributed by atoms with van der Waals surface area (Å²) in [6.07, 6.45) is 2.00. The van der Waals surface area contributed by atoms with E-state index in [1.807, 2.05) is 24.5 Å². The molecular weight excluding hydrogens is 456 g/mol. The Morgan fingerprint density at radius 3 is 2.67 bits per heavy atom. The molecule has 1 atom stereocenters. The lowest BCUT2D eigenvalue weighted by atomic mass is 10.2. The van der Waals surface area contributed by atoms with Gasteiger partial charge in [0.2, 0.25) is 5.95 Å². The maximum absolute atomic E-state index is 10.3. The van der Waals surface area contributed by atoms with E-state index in [0.717, 1.165) is 55.1 Å². The van der Waals surface area contributed by atoms with Crippen LogP contribution in [-0.2, 0) is 6.54 Å². The number of aromatic nitrogens is 4. The summed E-state index contributed by atoms with van der Waals surface area (Å²) in [7, 11) is 0. The van der Waals surface area contributed by atoms with Gasteiger partial charge in [-0.15, -0.1) is 23.5 Å². The second kappa shape index (κ2) is 10.3. The Morgan fingerprint density at radius 2 is 1.91 bits per heavy atom. The first-order chi connectivity index (χ1) is 16.2. The van der Waals surface area contributed by atoms with Crippen molar-refractivity contribution in [1.29, 1.82) is 0 Å². The number of fused-ring (bicyclic) bond motifs is 1. The molecule has 1 aromatic carbocycles. The lowest BCUT2D eigenvalue weighted by Gasteiger charge is -2.32. The topological polar surface area (TPSA) is 102 Å². The molecule has 5 rings (SSSR count). The van der Waals surface area contributed by atoms with E-state index in [2.05, 4.69) is 32.6 Å². The molecule has 2 saturated heterocycles. The van der Waals surface area contributed by atoms with Crippen LogP contribution in [-0.4, -0.2) is 81.8 Å².